The van der Waals surface area contributed by atoms with Crippen molar-refractivity contribution in [2.45, 2.75) is 19.6 Å². The first-order valence-electron chi connectivity index (χ1n) is 6.92. The van der Waals surface area contributed by atoms with Crippen molar-refractivity contribution in [2.75, 3.05) is 14.2 Å². The molecule has 0 unspecified atom stereocenters. The van der Waals surface area contributed by atoms with Gasteiger partial charge in [-0.1, -0.05) is 36.4 Å². The minimum atomic E-state index is -0.202. The molecule has 0 atom stereocenters. The molecule has 0 aromatic heterocycles. The molecule has 0 bridgehead atoms. The summed E-state index contributed by atoms with van der Waals surface area (Å²) in [6.45, 7) is 1.43. The van der Waals surface area contributed by atoms with Crippen LogP contribution in [-0.4, -0.2) is 19.1 Å². The van der Waals surface area contributed by atoms with Crippen LogP contribution in [0.3, 0.4) is 0 Å². The highest BCUT2D eigenvalue weighted by molar-refractivity contribution is 5.33. The maximum atomic E-state index is 14.2. The molecule has 0 saturated carbocycles. The third-order valence-corrected chi connectivity index (χ3v) is 3.45. The van der Waals surface area contributed by atoms with Gasteiger partial charge in [-0.2, -0.15) is 0 Å². The summed E-state index contributed by atoms with van der Waals surface area (Å²) in [5.41, 5.74) is 7.84. The van der Waals surface area contributed by atoms with Crippen LogP contribution in [0.4, 0.5) is 4.39 Å². The molecule has 4 heteroatoms. The zero-order valence-electron chi connectivity index (χ0n) is 12.5. The van der Waals surface area contributed by atoms with Crippen molar-refractivity contribution >= 4 is 0 Å². The van der Waals surface area contributed by atoms with Crippen molar-refractivity contribution in [1.82, 2.24) is 4.90 Å². The fourth-order valence-corrected chi connectivity index (χ4v) is 2.38. The number of para-hydroxylation sites is 1. The minimum Gasteiger partial charge on any atom is -0.496 e. The van der Waals surface area contributed by atoms with Crippen LogP contribution in [0.15, 0.2) is 42.5 Å². The summed E-state index contributed by atoms with van der Waals surface area (Å²) in [5, 5.41) is 0. The lowest BCUT2D eigenvalue weighted by Crippen LogP contribution is -2.19. The van der Waals surface area contributed by atoms with E-state index in [-0.39, 0.29) is 12.4 Å². The van der Waals surface area contributed by atoms with Gasteiger partial charge in [-0.3, -0.25) is 4.90 Å². The van der Waals surface area contributed by atoms with Crippen molar-refractivity contribution in [1.29, 1.82) is 0 Å². The Hall–Kier alpha value is -1.91. The molecule has 3 nitrogen and oxygen atoms in total. The van der Waals surface area contributed by atoms with Gasteiger partial charge in [-0.05, 0) is 13.1 Å². The summed E-state index contributed by atoms with van der Waals surface area (Å²) in [6.07, 6.45) is 0. The molecule has 0 aliphatic heterocycles. The van der Waals surface area contributed by atoms with Gasteiger partial charge in [-0.25, -0.2) is 4.39 Å². The number of ether oxygens (including phenoxy) is 1. The van der Waals surface area contributed by atoms with Gasteiger partial charge in [0.1, 0.15) is 11.6 Å². The first kappa shape index (κ1) is 15.5. The summed E-state index contributed by atoms with van der Waals surface area (Å²) in [7, 11) is 3.62. The van der Waals surface area contributed by atoms with Crippen molar-refractivity contribution in [3.8, 4) is 5.75 Å². The van der Waals surface area contributed by atoms with E-state index in [2.05, 4.69) is 4.90 Å². The summed E-state index contributed by atoms with van der Waals surface area (Å²) in [5.74, 6) is 0.646. The first-order valence-corrected chi connectivity index (χ1v) is 6.92. The Balaban J connectivity index is 2.10. The lowest BCUT2D eigenvalue weighted by Gasteiger charge is -2.19. The van der Waals surface area contributed by atoms with E-state index in [1.165, 1.54) is 0 Å². The van der Waals surface area contributed by atoms with Gasteiger partial charge < -0.3 is 10.5 Å². The molecular weight excluding hydrogens is 267 g/mol. The lowest BCUT2D eigenvalue weighted by molar-refractivity contribution is 0.305. The smallest absolute Gasteiger partial charge is 0.132 e. The molecule has 112 valence electrons. The maximum Gasteiger partial charge on any atom is 0.132 e. The molecule has 0 amide bonds. The van der Waals surface area contributed by atoms with Crippen LogP contribution in [0, 0.1) is 5.82 Å². The van der Waals surface area contributed by atoms with E-state index in [4.69, 9.17) is 10.5 Å². The number of hydrogen-bond acceptors (Lipinski definition) is 3. The van der Waals surface area contributed by atoms with Gasteiger partial charge in [-0.15, -0.1) is 0 Å². The fourth-order valence-electron chi connectivity index (χ4n) is 2.38. The van der Waals surface area contributed by atoms with E-state index in [0.29, 0.717) is 24.2 Å². The molecule has 2 N–H and O–H groups in total. The summed E-state index contributed by atoms with van der Waals surface area (Å²) in [6, 6.07) is 13.2. The SMILES string of the molecule is COc1ccccc1CN(C)Cc1cccc(CN)c1F. The molecular formula is C17H21FN2O. The van der Waals surface area contributed by atoms with Crippen LogP contribution in [-0.2, 0) is 19.6 Å². The number of benzene rings is 2. The van der Waals surface area contributed by atoms with E-state index in [1.54, 1.807) is 19.2 Å². The first-order chi connectivity index (χ1) is 10.2. The topological polar surface area (TPSA) is 38.5 Å². The number of rotatable bonds is 6. The standard InChI is InChI=1S/C17H21FN2O/c1-20(11-14-6-3-4-9-16(14)21-2)12-15-8-5-7-13(10-19)17(15)18/h3-9H,10-12,19H2,1-2H3. The average molecular weight is 288 g/mol. The van der Waals surface area contributed by atoms with Gasteiger partial charge in [0.25, 0.3) is 0 Å². The molecule has 2 rings (SSSR count). The van der Waals surface area contributed by atoms with E-state index in [1.807, 2.05) is 37.4 Å². The van der Waals surface area contributed by atoms with Crippen molar-refractivity contribution < 1.29 is 9.13 Å². The number of methoxy groups -OCH3 is 1. The number of nitrogens with zero attached hydrogens (tertiary/aromatic N) is 1. The molecule has 0 heterocycles. The Labute approximate surface area is 125 Å². The Kier molecular flexibility index (Phi) is 5.31. The third-order valence-electron chi connectivity index (χ3n) is 3.45. The quantitative estimate of drug-likeness (QED) is 0.888. The second-order valence-electron chi connectivity index (χ2n) is 5.08. The van der Waals surface area contributed by atoms with Gasteiger partial charge in [0.05, 0.1) is 7.11 Å². The average Bonchev–Trinajstić information content (AvgIpc) is 2.50. The van der Waals surface area contributed by atoms with E-state index >= 15 is 0 Å². The van der Waals surface area contributed by atoms with E-state index < -0.39 is 0 Å². The molecule has 21 heavy (non-hydrogen) atoms. The Morgan fingerprint density at radius 3 is 2.33 bits per heavy atom. The lowest BCUT2D eigenvalue weighted by atomic mass is 10.1. The molecule has 0 fully saturated rings. The van der Waals surface area contributed by atoms with Gasteiger partial charge in [0.15, 0.2) is 0 Å². The van der Waals surface area contributed by atoms with Crippen LogP contribution >= 0.6 is 0 Å². The second kappa shape index (κ2) is 7.20. The maximum absolute atomic E-state index is 14.2. The normalized spacial score (nSPS) is 10.9. The number of halogens is 1. The number of hydrogen-bond donors (Lipinski definition) is 1. The van der Waals surface area contributed by atoms with E-state index in [0.717, 1.165) is 11.3 Å². The van der Waals surface area contributed by atoms with Crippen molar-refractivity contribution in [3.63, 3.8) is 0 Å². The summed E-state index contributed by atoms with van der Waals surface area (Å²) in [4.78, 5) is 2.05. The predicted molar refractivity (Wildman–Crippen MR) is 82.5 cm³/mol. The van der Waals surface area contributed by atoms with Gasteiger partial charge in [0, 0.05) is 36.3 Å². The van der Waals surface area contributed by atoms with Crippen LogP contribution in [0.1, 0.15) is 16.7 Å². The monoisotopic (exact) mass is 288 g/mol. The predicted octanol–water partition coefficient (Wildman–Crippen LogP) is 2.93. The van der Waals surface area contributed by atoms with Crippen LogP contribution in [0.5, 0.6) is 5.75 Å². The summed E-state index contributed by atoms with van der Waals surface area (Å²) < 4.78 is 19.5. The van der Waals surface area contributed by atoms with Gasteiger partial charge in [0.2, 0.25) is 0 Å². The molecule has 0 aliphatic rings. The Morgan fingerprint density at radius 2 is 1.62 bits per heavy atom. The zero-order chi connectivity index (χ0) is 15.2. The largest absolute Gasteiger partial charge is 0.496 e. The molecule has 0 radical (unpaired) electrons. The summed E-state index contributed by atoms with van der Waals surface area (Å²) >= 11 is 0. The Morgan fingerprint density at radius 1 is 1.00 bits per heavy atom. The van der Waals surface area contributed by atoms with Crippen LogP contribution in [0.2, 0.25) is 0 Å². The van der Waals surface area contributed by atoms with E-state index in [9.17, 15) is 4.39 Å². The fraction of sp³-hybridized carbons (Fsp3) is 0.294. The van der Waals surface area contributed by atoms with Crippen LogP contribution < -0.4 is 10.5 Å². The highest BCUT2D eigenvalue weighted by Gasteiger charge is 2.11. The molecule has 2 aromatic carbocycles. The highest BCUT2D eigenvalue weighted by Crippen LogP contribution is 2.20. The van der Waals surface area contributed by atoms with Crippen LogP contribution in [0.25, 0.3) is 0 Å². The minimum absolute atomic E-state index is 0.202. The third kappa shape index (κ3) is 3.80. The molecule has 2 aromatic rings. The molecule has 0 saturated heterocycles. The van der Waals surface area contributed by atoms with Crippen molar-refractivity contribution in [3.05, 3.63) is 65.0 Å². The highest BCUT2D eigenvalue weighted by atomic mass is 19.1. The Bertz CT molecular complexity index is 601. The second-order valence-corrected chi connectivity index (χ2v) is 5.08. The molecule has 0 aliphatic carbocycles. The number of nitrogens with two attached hydrogens (primary N) is 1. The molecule has 0 spiro atoms. The van der Waals surface area contributed by atoms with Gasteiger partial charge >= 0.3 is 0 Å². The van der Waals surface area contributed by atoms with Crippen molar-refractivity contribution in [2.24, 2.45) is 5.73 Å². The zero-order valence-corrected chi connectivity index (χ0v) is 12.5.